The average Bonchev–Trinajstić information content (AvgIpc) is 2.42. The Morgan fingerprint density at radius 1 is 1.25 bits per heavy atom. The van der Waals surface area contributed by atoms with Gasteiger partial charge in [-0.15, -0.1) is 0 Å². The number of nitrogens with zero attached hydrogens (tertiary/aromatic N) is 1. The molecule has 1 aromatic rings. The van der Waals surface area contributed by atoms with Gasteiger partial charge in [0.15, 0.2) is 5.78 Å². The summed E-state index contributed by atoms with van der Waals surface area (Å²) in [7, 11) is 2.08. The highest BCUT2D eigenvalue weighted by molar-refractivity contribution is 5.95. The minimum Gasteiger partial charge on any atom is -0.326 e. The van der Waals surface area contributed by atoms with Crippen molar-refractivity contribution in [2.45, 2.75) is 38.6 Å². The summed E-state index contributed by atoms with van der Waals surface area (Å²) in [4.78, 5) is 25.5. The highest BCUT2D eigenvalue weighted by atomic mass is 16.1. The Balaban J connectivity index is 1.89. The molecule has 1 N–H and O–H groups in total. The SMILES string of the molecule is CC(=O)c1ccc(NC(=O)CC2CCCCN2C)cc1. The zero-order chi connectivity index (χ0) is 14.5. The van der Waals surface area contributed by atoms with Gasteiger partial charge in [-0.25, -0.2) is 0 Å². The van der Waals surface area contributed by atoms with E-state index in [1.54, 1.807) is 24.3 Å². The fraction of sp³-hybridized carbons (Fsp3) is 0.500. The number of hydrogen-bond acceptors (Lipinski definition) is 3. The second-order valence-corrected chi connectivity index (χ2v) is 5.52. The molecule has 0 radical (unpaired) electrons. The summed E-state index contributed by atoms with van der Waals surface area (Å²) in [5.74, 6) is 0.0750. The van der Waals surface area contributed by atoms with Gasteiger partial charge >= 0.3 is 0 Å². The molecule has 20 heavy (non-hydrogen) atoms. The van der Waals surface area contributed by atoms with Crippen LogP contribution in [0.25, 0.3) is 0 Å². The van der Waals surface area contributed by atoms with Gasteiger partial charge in [0.2, 0.25) is 5.91 Å². The molecule has 1 aromatic carbocycles. The van der Waals surface area contributed by atoms with Gasteiger partial charge in [0, 0.05) is 23.7 Å². The quantitative estimate of drug-likeness (QED) is 0.859. The fourth-order valence-corrected chi connectivity index (χ4v) is 2.62. The maximum atomic E-state index is 12.0. The van der Waals surface area contributed by atoms with Gasteiger partial charge in [0.05, 0.1) is 0 Å². The molecule has 1 amide bonds. The zero-order valence-electron chi connectivity index (χ0n) is 12.2. The Hall–Kier alpha value is -1.68. The van der Waals surface area contributed by atoms with Crippen molar-refractivity contribution in [2.75, 3.05) is 18.9 Å². The molecule has 1 heterocycles. The van der Waals surface area contributed by atoms with E-state index in [-0.39, 0.29) is 11.7 Å². The number of carbonyl (C=O) groups is 2. The predicted molar refractivity (Wildman–Crippen MR) is 80.0 cm³/mol. The van der Waals surface area contributed by atoms with Gasteiger partial charge < -0.3 is 10.2 Å². The number of amides is 1. The summed E-state index contributed by atoms with van der Waals surface area (Å²) >= 11 is 0. The van der Waals surface area contributed by atoms with E-state index in [0.29, 0.717) is 18.0 Å². The number of Topliss-reactive ketones (excluding diaryl/α,β-unsaturated/α-hetero) is 1. The number of anilines is 1. The van der Waals surface area contributed by atoms with Crippen LogP contribution in [-0.4, -0.2) is 36.2 Å². The van der Waals surface area contributed by atoms with Crippen molar-refractivity contribution in [2.24, 2.45) is 0 Å². The molecule has 1 aliphatic heterocycles. The number of hydrogen-bond donors (Lipinski definition) is 1. The van der Waals surface area contributed by atoms with Gasteiger partial charge in [-0.2, -0.15) is 0 Å². The van der Waals surface area contributed by atoms with Crippen LogP contribution in [0.4, 0.5) is 5.69 Å². The molecule has 1 atom stereocenters. The van der Waals surface area contributed by atoms with E-state index in [1.807, 2.05) is 0 Å². The van der Waals surface area contributed by atoms with Crippen molar-refractivity contribution < 1.29 is 9.59 Å². The van der Waals surface area contributed by atoms with Gasteiger partial charge in [0.1, 0.15) is 0 Å². The smallest absolute Gasteiger partial charge is 0.225 e. The van der Waals surface area contributed by atoms with Gasteiger partial charge in [-0.05, 0) is 57.6 Å². The molecule has 1 aliphatic rings. The van der Waals surface area contributed by atoms with E-state index in [9.17, 15) is 9.59 Å². The number of ketones is 1. The van der Waals surface area contributed by atoms with Crippen molar-refractivity contribution in [1.82, 2.24) is 4.90 Å². The highest BCUT2D eigenvalue weighted by Gasteiger charge is 2.21. The van der Waals surface area contributed by atoms with E-state index in [0.717, 1.165) is 18.7 Å². The van der Waals surface area contributed by atoms with E-state index < -0.39 is 0 Å². The van der Waals surface area contributed by atoms with Crippen LogP contribution in [0.15, 0.2) is 24.3 Å². The molecule has 0 spiro atoms. The molecule has 0 aliphatic carbocycles. The number of carbonyl (C=O) groups excluding carboxylic acids is 2. The van der Waals surface area contributed by atoms with Gasteiger partial charge in [-0.3, -0.25) is 9.59 Å². The molecular formula is C16H22N2O2. The lowest BCUT2D eigenvalue weighted by Crippen LogP contribution is -2.38. The number of nitrogens with one attached hydrogen (secondary N) is 1. The first kappa shape index (κ1) is 14.7. The van der Waals surface area contributed by atoms with Crippen molar-refractivity contribution in [3.63, 3.8) is 0 Å². The Labute approximate surface area is 120 Å². The first-order valence-electron chi connectivity index (χ1n) is 7.17. The number of piperidine rings is 1. The summed E-state index contributed by atoms with van der Waals surface area (Å²) < 4.78 is 0. The van der Waals surface area contributed by atoms with Crippen LogP contribution in [-0.2, 0) is 4.79 Å². The first-order valence-corrected chi connectivity index (χ1v) is 7.17. The molecule has 0 aromatic heterocycles. The van der Waals surface area contributed by atoms with Crippen LogP contribution in [0.1, 0.15) is 43.0 Å². The Morgan fingerprint density at radius 2 is 1.95 bits per heavy atom. The Morgan fingerprint density at radius 3 is 2.55 bits per heavy atom. The van der Waals surface area contributed by atoms with Crippen molar-refractivity contribution >= 4 is 17.4 Å². The standard InChI is InChI=1S/C16H22N2O2/c1-12(19)13-6-8-14(9-7-13)17-16(20)11-15-5-3-4-10-18(15)2/h6-9,15H,3-5,10-11H2,1-2H3,(H,17,20). The summed E-state index contributed by atoms with van der Waals surface area (Å²) in [6.45, 7) is 2.61. The molecular weight excluding hydrogens is 252 g/mol. The second kappa shape index (κ2) is 6.66. The molecule has 1 saturated heterocycles. The third kappa shape index (κ3) is 3.90. The molecule has 0 saturated carbocycles. The summed E-state index contributed by atoms with van der Waals surface area (Å²) in [5.41, 5.74) is 1.41. The molecule has 1 fully saturated rings. The van der Waals surface area contributed by atoms with Crippen LogP contribution in [0.3, 0.4) is 0 Å². The van der Waals surface area contributed by atoms with E-state index >= 15 is 0 Å². The minimum absolute atomic E-state index is 0.0340. The van der Waals surface area contributed by atoms with Crippen molar-refractivity contribution in [3.05, 3.63) is 29.8 Å². The maximum Gasteiger partial charge on any atom is 0.225 e. The van der Waals surface area contributed by atoms with Crippen LogP contribution >= 0.6 is 0 Å². The molecule has 0 bridgehead atoms. The molecule has 2 rings (SSSR count). The van der Waals surface area contributed by atoms with Crippen LogP contribution in [0, 0.1) is 0 Å². The molecule has 1 unspecified atom stereocenters. The highest BCUT2D eigenvalue weighted by Crippen LogP contribution is 2.18. The second-order valence-electron chi connectivity index (χ2n) is 5.52. The third-order valence-corrected chi connectivity index (χ3v) is 3.92. The lowest BCUT2D eigenvalue weighted by Gasteiger charge is -2.31. The third-order valence-electron chi connectivity index (χ3n) is 3.92. The van der Waals surface area contributed by atoms with Crippen LogP contribution in [0.2, 0.25) is 0 Å². The largest absolute Gasteiger partial charge is 0.326 e. The number of likely N-dealkylation sites (tertiary alicyclic amines) is 1. The summed E-state index contributed by atoms with van der Waals surface area (Å²) in [6.07, 6.45) is 4.05. The summed E-state index contributed by atoms with van der Waals surface area (Å²) in [6, 6.07) is 7.38. The number of benzene rings is 1. The maximum absolute atomic E-state index is 12.0. The Bertz CT molecular complexity index is 482. The molecule has 4 nitrogen and oxygen atoms in total. The van der Waals surface area contributed by atoms with E-state index in [2.05, 4.69) is 17.3 Å². The van der Waals surface area contributed by atoms with Gasteiger partial charge in [0.25, 0.3) is 0 Å². The van der Waals surface area contributed by atoms with E-state index in [1.165, 1.54) is 19.8 Å². The topological polar surface area (TPSA) is 49.4 Å². The number of rotatable bonds is 4. The lowest BCUT2D eigenvalue weighted by atomic mass is 10.00. The Kier molecular flexibility index (Phi) is 4.90. The van der Waals surface area contributed by atoms with Crippen LogP contribution < -0.4 is 5.32 Å². The fourth-order valence-electron chi connectivity index (χ4n) is 2.62. The normalized spacial score (nSPS) is 19.6. The van der Waals surface area contributed by atoms with Gasteiger partial charge in [-0.1, -0.05) is 6.42 Å². The summed E-state index contributed by atoms with van der Waals surface area (Å²) in [5, 5.41) is 2.90. The minimum atomic E-state index is 0.0340. The zero-order valence-corrected chi connectivity index (χ0v) is 12.2. The average molecular weight is 274 g/mol. The first-order chi connectivity index (χ1) is 9.56. The monoisotopic (exact) mass is 274 g/mol. The predicted octanol–water partition coefficient (Wildman–Crippen LogP) is 2.70. The van der Waals surface area contributed by atoms with E-state index in [4.69, 9.17) is 0 Å². The molecule has 4 heteroatoms. The van der Waals surface area contributed by atoms with Crippen molar-refractivity contribution in [3.8, 4) is 0 Å². The van der Waals surface area contributed by atoms with Crippen molar-refractivity contribution in [1.29, 1.82) is 0 Å². The lowest BCUT2D eigenvalue weighted by molar-refractivity contribution is -0.117. The molecule has 108 valence electrons. The van der Waals surface area contributed by atoms with Crippen LogP contribution in [0.5, 0.6) is 0 Å².